The van der Waals surface area contributed by atoms with E-state index < -0.39 is 11.4 Å². The number of likely N-dealkylation sites (N-methyl/N-ethyl adjacent to an activating group) is 1. The molecule has 3 N–H and O–H groups in total. The van der Waals surface area contributed by atoms with Crippen LogP contribution in [-0.4, -0.2) is 60.1 Å². The summed E-state index contributed by atoms with van der Waals surface area (Å²) in [4.78, 5) is 28.2. The molecule has 3 aromatic rings. The van der Waals surface area contributed by atoms with E-state index >= 15 is 0 Å². The third kappa shape index (κ3) is 4.14. The molecule has 4 rings (SSSR count). The number of piperazine rings is 1. The maximum atomic E-state index is 14.5. The van der Waals surface area contributed by atoms with Crippen molar-refractivity contribution in [2.24, 2.45) is 0 Å². The number of halogens is 1. The van der Waals surface area contributed by atoms with Gasteiger partial charge >= 0.3 is 0 Å². The lowest BCUT2D eigenvalue weighted by atomic mass is 10.1. The summed E-state index contributed by atoms with van der Waals surface area (Å²) in [6.45, 7) is 1.64. The first kappa shape index (κ1) is 22.0. The number of nitrogen functional groups attached to an aromatic ring is 1. The van der Waals surface area contributed by atoms with E-state index in [2.05, 4.69) is 5.10 Å². The molecule has 0 saturated carbocycles. The molecule has 0 spiro atoms. The van der Waals surface area contributed by atoms with Crippen LogP contribution < -0.4 is 20.9 Å². The Labute approximate surface area is 189 Å². The third-order valence-electron chi connectivity index (χ3n) is 5.56. The van der Waals surface area contributed by atoms with Crippen molar-refractivity contribution in [2.45, 2.75) is 0 Å². The minimum absolute atomic E-state index is 0.00490. The molecule has 1 aliphatic heterocycles. The highest BCUT2D eigenvalue weighted by Gasteiger charge is 2.22. The lowest BCUT2D eigenvalue weighted by molar-refractivity contribution is -0.129. The molecule has 1 amide bonds. The monoisotopic (exact) mass is 450 g/mol. The van der Waals surface area contributed by atoms with Gasteiger partial charge in [0, 0.05) is 37.5 Å². The van der Waals surface area contributed by atoms with Gasteiger partial charge in [-0.15, -0.1) is 0 Å². The lowest BCUT2D eigenvalue weighted by Crippen LogP contribution is -2.48. The second-order valence-electron chi connectivity index (χ2n) is 7.65. The number of nitrogens with zero attached hydrogens (tertiary/aromatic N) is 4. The number of ether oxygens (including phenoxy) is 1. The second kappa shape index (κ2) is 8.73. The Balaban J connectivity index is 1.68. The molecule has 10 heteroatoms. The number of nitrogens with one attached hydrogen (secondary N) is 1. The zero-order valence-electron chi connectivity index (χ0n) is 18.2. The number of amides is 1. The first-order valence-corrected chi connectivity index (χ1v) is 10.2. The number of anilines is 2. The molecule has 170 valence electrons. The van der Waals surface area contributed by atoms with Gasteiger partial charge in [-0.25, -0.2) is 4.39 Å². The molecule has 33 heavy (non-hydrogen) atoms. The van der Waals surface area contributed by atoms with Gasteiger partial charge in [-0.2, -0.15) is 9.78 Å². The highest BCUT2D eigenvalue weighted by molar-refractivity contribution is 6.12. The van der Waals surface area contributed by atoms with Crippen LogP contribution in [0.5, 0.6) is 5.75 Å². The average molecular weight is 450 g/mol. The molecule has 0 bridgehead atoms. The van der Waals surface area contributed by atoms with Crippen molar-refractivity contribution >= 4 is 23.0 Å². The van der Waals surface area contributed by atoms with Crippen LogP contribution in [0.2, 0.25) is 0 Å². The molecule has 1 aromatic heterocycles. The van der Waals surface area contributed by atoms with Gasteiger partial charge in [0.2, 0.25) is 5.91 Å². The van der Waals surface area contributed by atoms with E-state index in [0.717, 1.165) is 16.4 Å². The quantitative estimate of drug-likeness (QED) is 0.571. The standard InChI is InChI=1S/C23H23FN6O3/c1-28-10-11-29(13-20(28)32)15-8-6-14(7-9-15)21(26)22-17(25)12-19(31)30(27-22)23-16(24)4-3-5-18(23)33-2/h3-9,12,26H,10-11,13,25H2,1-2H3. The van der Waals surface area contributed by atoms with Crippen LogP contribution in [-0.2, 0) is 4.79 Å². The predicted molar refractivity (Wildman–Crippen MR) is 123 cm³/mol. The van der Waals surface area contributed by atoms with E-state index in [-0.39, 0.29) is 41.0 Å². The van der Waals surface area contributed by atoms with Crippen LogP contribution in [0.4, 0.5) is 15.8 Å². The van der Waals surface area contributed by atoms with E-state index in [1.165, 1.54) is 25.3 Å². The molecular formula is C23H23FN6O3. The Bertz CT molecular complexity index is 1290. The highest BCUT2D eigenvalue weighted by Crippen LogP contribution is 2.25. The fourth-order valence-corrected chi connectivity index (χ4v) is 3.64. The van der Waals surface area contributed by atoms with Crippen molar-refractivity contribution in [3.8, 4) is 11.4 Å². The highest BCUT2D eigenvalue weighted by atomic mass is 19.1. The zero-order chi connectivity index (χ0) is 23.7. The summed E-state index contributed by atoms with van der Waals surface area (Å²) in [6, 6.07) is 12.3. The number of nitrogens with two attached hydrogens (primary N) is 1. The van der Waals surface area contributed by atoms with Gasteiger partial charge in [0.15, 0.2) is 5.82 Å². The van der Waals surface area contributed by atoms with Crippen LogP contribution in [0.1, 0.15) is 11.3 Å². The summed E-state index contributed by atoms with van der Waals surface area (Å²) in [5.74, 6) is -0.531. The maximum absolute atomic E-state index is 14.5. The van der Waals surface area contributed by atoms with Crippen molar-refractivity contribution in [1.29, 1.82) is 5.41 Å². The number of benzene rings is 2. The van der Waals surface area contributed by atoms with Gasteiger partial charge in [0.25, 0.3) is 5.56 Å². The number of para-hydroxylation sites is 1. The maximum Gasteiger partial charge on any atom is 0.273 e. The Morgan fingerprint density at radius 2 is 1.88 bits per heavy atom. The molecule has 9 nitrogen and oxygen atoms in total. The van der Waals surface area contributed by atoms with E-state index in [9.17, 15) is 14.0 Å². The largest absolute Gasteiger partial charge is 0.494 e. The minimum Gasteiger partial charge on any atom is -0.494 e. The molecule has 0 atom stereocenters. The Hall–Kier alpha value is -4.21. The van der Waals surface area contributed by atoms with Gasteiger partial charge < -0.3 is 20.3 Å². The number of rotatable bonds is 5. The number of carbonyl (C=O) groups excluding carboxylic acids is 1. The fourth-order valence-electron chi connectivity index (χ4n) is 3.64. The Morgan fingerprint density at radius 3 is 2.55 bits per heavy atom. The summed E-state index contributed by atoms with van der Waals surface area (Å²) >= 11 is 0. The van der Waals surface area contributed by atoms with Gasteiger partial charge in [0.1, 0.15) is 17.1 Å². The summed E-state index contributed by atoms with van der Waals surface area (Å²) in [6.07, 6.45) is 0. The summed E-state index contributed by atoms with van der Waals surface area (Å²) in [5.41, 5.74) is 6.55. The van der Waals surface area contributed by atoms with Crippen LogP contribution in [0.25, 0.3) is 5.69 Å². The third-order valence-corrected chi connectivity index (χ3v) is 5.56. The van der Waals surface area contributed by atoms with Crippen LogP contribution in [0.3, 0.4) is 0 Å². The van der Waals surface area contributed by atoms with Crippen molar-refractivity contribution in [2.75, 3.05) is 44.4 Å². The Morgan fingerprint density at radius 1 is 1.15 bits per heavy atom. The smallest absolute Gasteiger partial charge is 0.273 e. The lowest BCUT2D eigenvalue weighted by Gasteiger charge is -2.33. The van der Waals surface area contributed by atoms with Gasteiger partial charge in [-0.1, -0.05) is 18.2 Å². The normalized spacial score (nSPS) is 13.8. The van der Waals surface area contributed by atoms with Crippen LogP contribution >= 0.6 is 0 Å². The predicted octanol–water partition coefficient (Wildman–Crippen LogP) is 1.66. The molecule has 1 saturated heterocycles. The average Bonchev–Trinajstić information content (AvgIpc) is 2.81. The summed E-state index contributed by atoms with van der Waals surface area (Å²) in [7, 11) is 3.14. The fraction of sp³-hybridized carbons (Fsp3) is 0.217. The van der Waals surface area contributed by atoms with Crippen LogP contribution in [0.15, 0.2) is 53.3 Å². The first-order valence-electron chi connectivity index (χ1n) is 10.2. The minimum atomic E-state index is -0.697. The zero-order valence-corrected chi connectivity index (χ0v) is 18.2. The van der Waals surface area contributed by atoms with Gasteiger partial charge in [-0.05, 0) is 24.3 Å². The van der Waals surface area contributed by atoms with E-state index in [0.29, 0.717) is 18.7 Å². The first-order chi connectivity index (χ1) is 15.8. The van der Waals surface area contributed by atoms with E-state index in [1.54, 1.807) is 24.1 Å². The van der Waals surface area contributed by atoms with Gasteiger partial charge in [-0.3, -0.25) is 15.0 Å². The van der Waals surface area contributed by atoms with Crippen molar-refractivity contribution in [1.82, 2.24) is 14.7 Å². The molecular weight excluding hydrogens is 427 g/mol. The summed E-state index contributed by atoms with van der Waals surface area (Å²) in [5, 5.41) is 12.8. The van der Waals surface area contributed by atoms with Crippen molar-refractivity contribution in [3.63, 3.8) is 0 Å². The molecule has 2 heterocycles. The molecule has 1 fully saturated rings. The summed E-state index contributed by atoms with van der Waals surface area (Å²) < 4.78 is 20.6. The number of hydrogen-bond acceptors (Lipinski definition) is 7. The number of hydrogen-bond donors (Lipinski definition) is 2. The number of carbonyl (C=O) groups is 1. The van der Waals surface area contributed by atoms with Crippen LogP contribution in [0, 0.1) is 11.2 Å². The molecule has 0 unspecified atom stereocenters. The molecule has 0 radical (unpaired) electrons. The topological polar surface area (TPSA) is 118 Å². The van der Waals surface area contributed by atoms with Crippen molar-refractivity contribution in [3.05, 3.63) is 76.0 Å². The Kier molecular flexibility index (Phi) is 5.82. The SMILES string of the molecule is COc1cccc(F)c1-n1nc(C(=N)c2ccc(N3CCN(C)C(=O)C3)cc2)c(N)cc1=O. The van der Waals surface area contributed by atoms with E-state index in [4.69, 9.17) is 15.9 Å². The molecule has 1 aliphatic rings. The number of aromatic nitrogens is 2. The second-order valence-corrected chi connectivity index (χ2v) is 7.65. The molecule has 0 aliphatic carbocycles. The molecule has 2 aromatic carbocycles. The van der Waals surface area contributed by atoms with Gasteiger partial charge in [0.05, 0.1) is 25.1 Å². The van der Waals surface area contributed by atoms with Crippen molar-refractivity contribution < 1.29 is 13.9 Å². The number of methoxy groups -OCH3 is 1. The van der Waals surface area contributed by atoms with E-state index in [1.807, 2.05) is 17.0 Å².